The van der Waals surface area contributed by atoms with E-state index in [9.17, 15) is 9.59 Å². The highest BCUT2D eigenvalue weighted by atomic mass is 16.7. The first-order valence-electron chi connectivity index (χ1n) is 6.80. The summed E-state index contributed by atoms with van der Waals surface area (Å²) in [5.41, 5.74) is 0. The van der Waals surface area contributed by atoms with Gasteiger partial charge in [-0.25, -0.2) is 19.2 Å². The maximum Gasteiger partial charge on any atom is 0.516 e. The van der Waals surface area contributed by atoms with Gasteiger partial charge in [-0.05, 0) is 24.3 Å². The molecule has 0 aromatic heterocycles. The van der Waals surface area contributed by atoms with Gasteiger partial charge in [0.15, 0.2) is 0 Å². The molecule has 0 aliphatic heterocycles. The minimum Gasteiger partial charge on any atom is -0.457 e. The van der Waals surface area contributed by atoms with Gasteiger partial charge in [0.25, 0.3) is 0 Å². The third kappa shape index (κ3) is 23.8. The van der Waals surface area contributed by atoms with Crippen LogP contribution in [0.15, 0.2) is 60.7 Å². The largest absolute Gasteiger partial charge is 0.516 e. The summed E-state index contributed by atoms with van der Waals surface area (Å²) < 4.78 is 8.66. The first-order chi connectivity index (χ1) is 13.0. The maximum atomic E-state index is 9.21. The van der Waals surface area contributed by atoms with Crippen molar-refractivity contribution in [3.8, 4) is 11.5 Å². The molecule has 2 aromatic rings. The molecular weight excluding hydrogens is 384 g/mol. The van der Waals surface area contributed by atoms with Crippen molar-refractivity contribution in [3.05, 3.63) is 60.7 Å². The first kappa shape index (κ1) is 25.8. The van der Waals surface area contributed by atoms with Crippen molar-refractivity contribution in [3.63, 3.8) is 0 Å². The number of para-hydroxylation sites is 2. The molecule has 6 N–H and O–H groups in total. The van der Waals surface area contributed by atoms with E-state index in [0.717, 1.165) is 11.5 Å². The van der Waals surface area contributed by atoms with Crippen LogP contribution in [0.25, 0.3) is 0 Å². The van der Waals surface area contributed by atoms with E-state index in [1.807, 2.05) is 60.7 Å². The van der Waals surface area contributed by atoms with Crippen molar-refractivity contribution in [2.45, 2.75) is 0 Å². The van der Waals surface area contributed by atoms with Crippen molar-refractivity contribution in [1.29, 1.82) is 0 Å². The SMILES string of the molecule is O=C(O)O.O=C(O)O.O=C(O)OC(=O)O.c1ccc(Oc2ccccc2)cc1. The number of carboxylic acid groups (broad SMARTS) is 6. The van der Waals surface area contributed by atoms with Crippen LogP contribution in [0.2, 0.25) is 0 Å². The van der Waals surface area contributed by atoms with Crippen molar-refractivity contribution >= 4 is 24.6 Å². The second-order valence-electron chi connectivity index (χ2n) is 3.93. The zero-order valence-electron chi connectivity index (χ0n) is 13.9. The quantitative estimate of drug-likeness (QED) is 0.308. The van der Waals surface area contributed by atoms with Crippen molar-refractivity contribution < 1.29 is 59.3 Å². The zero-order chi connectivity index (χ0) is 21.9. The van der Waals surface area contributed by atoms with Gasteiger partial charge in [-0.2, -0.15) is 0 Å². The molecule has 12 heteroatoms. The number of hydrogen-bond donors (Lipinski definition) is 6. The molecule has 0 atom stereocenters. The molecule has 2 rings (SSSR count). The lowest BCUT2D eigenvalue weighted by Crippen LogP contribution is -2.05. The van der Waals surface area contributed by atoms with E-state index in [1.165, 1.54) is 0 Å². The zero-order valence-corrected chi connectivity index (χ0v) is 13.9. The molecule has 0 saturated heterocycles. The number of ether oxygens (including phenoxy) is 2. The highest BCUT2D eigenvalue weighted by molar-refractivity contribution is 5.74. The lowest BCUT2D eigenvalue weighted by Gasteiger charge is -2.03. The lowest BCUT2D eigenvalue weighted by molar-refractivity contribution is 0.0800. The minimum absolute atomic E-state index is 0.869. The van der Waals surface area contributed by atoms with Crippen molar-refractivity contribution in [1.82, 2.24) is 0 Å². The van der Waals surface area contributed by atoms with E-state index in [1.54, 1.807) is 0 Å². The summed E-state index contributed by atoms with van der Waals surface area (Å²) in [4.78, 5) is 35.5. The summed E-state index contributed by atoms with van der Waals surface area (Å²) >= 11 is 0. The molecule has 0 radical (unpaired) electrons. The van der Waals surface area contributed by atoms with Gasteiger partial charge in [0.2, 0.25) is 0 Å². The Hall–Kier alpha value is -4.48. The van der Waals surface area contributed by atoms with Crippen LogP contribution in [-0.2, 0) is 4.74 Å². The minimum atomic E-state index is -1.83. The van der Waals surface area contributed by atoms with E-state index >= 15 is 0 Å². The van der Waals surface area contributed by atoms with E-state index in [-0.39, 0.29) is 0 Å². The van der Waals surface area contributed by atoms with Crippen LogP contribution in [-0.4, -0.2) is 55.3 Å². The molecule has 0 heterocycles. The Labute approximate surface area is 157 Å². The fourth-order valence-corrected chi connectivity index (χ4v) is 1.19. The Kier molecular flexibility index (Phi) is 14.7. The van der Waals surface area contributed by atoms with Gasteiger partial charge in [0.05, 0.1) is 0 Å². The van der Waals surface area contributed by atoms with Crippen LogP contribution in [0.5, 0.6) is 11.5 Å². The Bertz CT molecular complexity index is 645. The molecule has 12 nitrogen and oxygen atoms in total. The highest BCUT2D eigenvalue weighted by Gasteiger charge is 2.01. The van der Waals surface area contributed by atoms with Crippen LogP contribution < -0.4 is 4.74 Å². The van der Waals surface area contributed by atoms with Gasteiger partial charge in [0, 0.05) is 0 Å². The summed E-state index contributed by atoms with van der Waals surface area (Å²) in [7, 11) is 0. The smallest absolute Gasteiger partial charge is 0.457 e. The van der Waals surface area contributed by atoms with Crippen LogP contribution in [0, 0.1) is 0 Å². The Balaban J connectivity index is 0. The monoisotopic (exact) mass is 400 g/mol. The molecule has 2 aromatic carbocycles. The van der Waals surface area contributed by atoms with Crippen molar-refractivity contribution in [2.75, 3.05) is 0 Å². The van der Waals surface area contributed by atoms with Crippen LogP contribution >= 0.6 is 0 Å². The summed E-state index contributed by atoms with van der Waals surface area (Å²) in [6.45, 7) is 0. The molecular formula is C16H16O12. The lowest BCUT2D eigenvalue weighted by atomic mass is 10.3. The van der Waals surface area contributed by atoms with E-state index in [2.05, 4.69) is 4.74 Å². The molecule has 0 unspecified atom stereocenters. The topological polar surface area (TPSA) is 208 Å². The Morgan fingerprint density at radius 2 is 0.786 bits per heavy atom. The van der Waals surface area contributed by atoms with Crippen LogP contribution in [0.1, 0.15) is 0 Å². The molecule has 0 spiro atoms. The second kappa shape index (κ2) is 16.0. The Morgan fingerprint density at radius 1 is 0.536 bits per heavy atom. The van der Waals surface area contributed by atoms with Gasteiger partial charge in [-0.3, -0.25) is 0 Å². The summed E-state index contributed by atoms with van der Waals surface area (Å²) in [5.74, 6) is 1.74. The van der Waals surface area contributed by atoms with Gasteiger partial charge < -0.3 is 40.1 Å². The standard InChI is InChI=1S/C12H10O.C2H2O5.2CH2O3/c1-3-7-11(8-4-1)13-12-9-5-2-6-10-12;3-1(4)7-2(5)6;2*2-1(3)4/h1-10H;(H,3,4)(H,5,6);2*(H2,2,3,4). The fraction of sp³-hybridized carbons (Fsp3) is 0. The van der Waals surface area contributed by atoms with Gasteiger partial charge in [-0.1, -0.05) is 36.4 Å². The predicted octanol–water partition coefficient (Wildman–Crippen LogP) is 4.28. The molecule has 0 aliphatic carbocycles. The van der Waals surface area contributed by atoms with Gasteiger partial charge >= 0.3 is 24.6 Å². The third-order valence-electron chi connectivity index (χ3n) is 1.90. The van der Waals surface area contributed by atoms with E-state index < -0.39 is 24.6 Å². The van der Waals surface area contributed by atoms with E-state index in [4.69, 9.17) is 45.0 Å². The van der Waals surface area contributed by atoms with E-state index in [0.29, 0.717) is 0 Å². The molecule has 0 saturated carbocycles. The first-order valence-corrected chi connectivity index (χ1v) is 6.80. The molecule has 0 aliphatic rings. The number of carbonyl (C=O) groups is 4. The summed E-state index contributed by atoms with van der Waals surface area (Å²) in [6, 6.07) is 19.5. The normalized spacial score (nSPS) is 8.00. The maximum absolute atomic E-state index is 9.21. The summed E-state index contributed by atoms with van der Waals surface area (Å²) in [6.07, 6.45) is -7.29. The highest BCUT2D eigenvalue weighted by Crippen LogP contribution is 2.19. The number of hydrogen-bond acceptors (Lipinski definition) is 6. The van der Waals surface area contributed by atoms with Crippen LogP contribution in [0.4, 0.5) is 19.2 Å². The third-order valence-corrected chi connectivity index (χ3v) is 1.90. The van der Waals surface area contributed by atoms with Gasteiger partial charge in [0.1, 0.15) is 11.5 Å². The number of benzene rings is 2. The molecule has 152 valence electrons. The average molecular weight is 400 g/mol. The van der Waals surface area contributed by atoms with Crippen LogP contribution in [0.3, 0.4) is 0 Å². The Morgan fingerprint density at radius 3 is 0.964 bits per heavy atom. The molecule has 28 heavy (non-hydrogen) atoms. The van der Waals surface area contributed by atoms with Crippen molar-refractivity contribution in [2.24, 2.45) is 0 Å². The molecule has 0 amide bonds. The van der Waals surface area contributed by atoms with Gasteiger partial charge in [-0.15, -0.1) is 0 Å². The number of rotatable bonds is 2. The molecule has 0 bridgehead atoms. The predicted molar refractivity (Wildman–Crippen MR) is 91.4 cm³/mol. The second-order valence-corrected chi connectivity index (χ2v) is 3.93. The molecule has 0 fully saturated rings. The average Bonchev–Trinajstić information content (AvgIpc) is 2.55. The summed E-state index contributed by atoms with van der Waals surface area (Å²) in [5, 5.41) is 42.9. The fourth-order valence-electron chi connectivity index (χ4n) is 1.19.